The Hall–Kier alpha value is -2.61. The molecule has 2 saturated carbocycles. The second-order valence-electron chi connectivity index (χ2n) is 8.28. The maximum absolute atomic E-state index is 12.7. The number of hydrogen-bond donors (Lipinski definition) is 2. The van der Waals surface area contributed by atoms with E-state index in [1.54, 1.807) is 0 Å². The van der Waals surface area contributed by atoms with Crippen LogP contribution >= 0.6 is 0 Å². The number of hydrogen-bond acceptors (Lipinski definition) is 5. The third kappa shape index (κ3) is 4.92. The van der Waals surface area contributed by atoms with Crippen molar-refractivity contribution >= 4 is 17.6 Å². The number of aromatic nitrogens is 2. The van der Waals surface area contributed by atoms with Gasteiger partial charge in [0, 0.05) is 18.2 Å². The summed E-state index contributed by atoms with van der Waals surface area (Å²) < 4.78 is 39.6. The van der Waals surface area contributed by atoms with E-state index in [2.05, 4.69) is 16.5 Å². The molecule has 0 atom stereocenters. The van der Waals surface area contributed by atoms with Crippen molar-refractivity contribution < 1.29 is 22.8 Å². The fourth-order valence-electron chi connectivity index (χ4n) is 4.08. The van der Waals surface area contributed by atoms with Crippen molar-refractivity contribution in [3.05, 3.63) is 11.8 Å². The lowest BCUT2D eigenvalue weighted by molar-refractivity contribution is -0.149. The van der Waals surface area contributed by atoms with Gasteiger partial charge in [0.2, 0.25) is 5.91 Å². The first-order valence-corrected chi connectivity index (χ1v) is 9.89. The first-order valence-electron chi connectivity index (χ1n) is 9.89. The molecule has 1 aromatic heterocycles. The average molecular weight is 426 g/mol. The Bertz CT molecular complexity index is 847. The summed E-state index contributed by atoms with van der Waals surface area (Å²) in [5, 5.41) is 16.4. The fraction of sp³-hybridized carbons (Fsp3) is 0.684. The predicted octanol–water partition coefficient (Wildman–Crippen LogP) is 2.38. The zero-order chi connectivity index (χ0) is 22.1. The Morgan fingerprint density at radius 2 is 2.00 bits per heavy atom. The van der Waals surface area contributed by atoms with Crippen LogP contribution in [-0.4, -0.2) is 52.3 Å². The number of amides is 2. The first-order chi connectivity index (χ1) is 14.0. The molecule has 0 bridgehead atoms. The Labute approximate surface area is 172 Å². The fourth-order valence-corrected chi connectivity index (χ4v) is 4.08. The Morgan fingerprint density at radius 1 is 1.37 bits per heavy atom. The van der Waals surface area contributed by atoms with E-state index in [-0.39, 0.29) is 35.7 Å². The molecule has 1 heterocycles. The quantitative estimate of drug-likeness (QED) is 0.694. The molecule has 0 radical (unpaired) electrons. The third-order valence-electron chi connectivity index (χ3n) is 6.00. The van der Waals surface area contributed by atoms with Crippen LogP contribution in [0, 0.1) is 17.2 Å². The second kappa shape index (κ2) is 8.26. The number of carbonyl (C=O) groups is 2. The van der Waals surface area contributed by atoms with Crippen LogP contribution in [0.2, 0.25) is 0 Å². The smallest absolute Gasteiger partial charge is 0.365 e. The molecule has 0 saturated heterocycles. The standard InChI is InChI=1S/C19H25F3N6O2/c1-27(11-19(20,21)22)13-4-6-18(7-5-13,8-9-23)28-10-14(15(24)29)16(26-28)25-17(30)12-2-3-12/h10,12-13H,2-8,11H2,1H3,(H2,24,29)(H,25,26,30)/t13-,18+. The van der Waals surface area contributed by atoms with Crippen LogP contribution in [0.3, 0.4) is 0 Å². The number of nitriles is 1. The lowest BCUT2D eigenvalue weighted by Gasteiger charge is -2.41. The first kappa shape index (κ1) is 22.1. The summed E-state index contributed by atoms with van der Waals surface area (Å²) in [6.07, 6.45) is 0.539. The molecule has 2 aliphatic rings. The van der Waals surface area contributed by atoms with Gasteiger partial charge in [-0.25, -0.2) is 0 Å². The van der Waals surface area contributed by atoms with E-state index in [4.69, 9.17) is 5.73 Å². The highest BCUT2D eigenvalue weighted by Gasteiger charge is 2.41. The molecule has 0 unspecified atom stereocenters. The molecule has 3 rings (SSSR count). The monoisotopic (exact) mass is 426 g/mol. The summed E-state index contributed by atoms with van der Waals surface area (Å²) in [6.45, 7) is -0.992. The van der Waals surface area contributed by atoms with Crippen LogP contribution in [0.1, 0.15) is 55.3 Å². The van der Waals surface area contributed by atoms with Gasteiger partial charge in [0.1, 0.15) is 5.56 Å². The molecular weight excluding hydrogens is 401 g/mol. The van der Waals surface area contributed by atoms with Crippen LogP contribution in [0.15, 0.2) is 6.20 Å². The molecule has 2 aliphatic carbocycles. The number of anilines is 1. The van der Waals surface area contributed by atoms with Crippen molar-refractivity contribution in [2.45, 2.75) is 62.7 Å². The predicted molar refractivity (Wildman–Crippen MR) is 101 cm³/mol. The molecular formula is C19H25F3N6O2. The Kier molecular flexibility index (Phi) is 6.08. The normalized spacial score (nSPS) is 24.5. The molecule has 0 aromatic carbocycles. The van der Waals surface area contributed by atoms with Gasteiger partial charge in [0.15, 0.2) is 5.82 Å². The molecule has 0 aliphatic heterocycles. The summed E-state index contributed by atoms with van der Waals surface area (Å²) in [6, 6.07) is 1.86. The summed E-state index contributed by atoms with van der Waals surface area (Å²) in [5.41, 5.74) is 4.73. The minimum atomic E-state index is -4.27. The van der Waals surface area contributed by atoms with E-state index in [0.717, 1.165) is 12.8 Å². The number of nitrogens with zero attached hydrogens (tertiary/aromatic N) is 4. The summed E-state index contributed by atoms with van der Waals surface area (Å²) >= 11 is 0. The van der Waals surface area contributed by atoms with Crippen molar-refractivity contribution in [1.82, 2.24) is 14.7 Å². The Balaban J connectivity index is 1.80. The second-order valence-corrected chi connectivity index (χ2v) is 8.28. The topological polar surface area (TPSA) is 117 Å². The lowest BCUT2D eigenvalue weighted by atomic mass is 9.77. The van der Waals surface area contributed by atoms with Gasteiger partial charge in [0.25, 0.3) is 5.91 Å². The van der Waals surface area contributed by atoms with Crippen LogP contribution in [-0.2, 0) is 10.3 Å². The van der Waals surface area contributed by atoms with Crippen molar-refractivity contribution in [2.24, 2.45) is 11.7 Å². The third-order valence-corrected chi connectivity index (χ3v) is 6.00. The molecule has 11 heteroatoms. The zero-order valence-corrected chi connectivity index (χ0v) is 16.7. The highest BCUT2D eigenvalue weighted by Crippen LogP contribution is 2.40. The van der Waals surface area contributed by atoms with Gasteiger partial charge in [-0.3, -0.25) is 19.2 Å². The summed E-state index contributed by atoms with van der Waals surface area (Å²) in [5.74, 6) is -1.01. The van der Waals surface area contributed by atoms with E-state index in [9.17, 15) is 28.0 Å². The molecule has 0 spiro atoms. The number of alkyl halides is 3. The van der Waals surface area contributed by atoms with Gasteiger partial charge in [-0.15, -0.1) is 0 Å². The average Bonchev–Trinajstić information content (AvgIpc) is 3.41. The van der Waals surface area contributed by atoms with Crippen LogP contribution < -0.4 is 11.1 Å². The van der Waals surface area contributed by atoms with Gasteiger partial charge < -0.3 is 11.1 Å². The van der Waals surface area contributed by atoms with Gasteiger partial charge in [0.05, 0.1) is 24.6 Å². The molecule has 30 heavy (non-hydrogen) atoms. The maximum Gasteiger partial charge on any atom is 0.401 e. The number of rotatable bonds is 7. The molecule has 2 fully saturated rings. The van der Waals surface area contributed by atoms with Crippen molar-refractivity contribution in [3.63, 3.8) is 0 Å². The number of nitrogens with two attached hydrogens (primary N) is 1. The van der Waals surface area contributed by atoms with Gasteiger partial charge in [-0.1, -0.05) is 0 Å². The van der Waals surface area contributed by atoms with E-state index >= 15 is 0 Å². The summed E-state index contributed by atoms with van der Waals surface area (Å²) in [4.78, 5) is 25.3. The minimum Gasteiger partial charge on any atom is -0.365 e. The SMILES string of the molecule is CN(CC(F)(F)F)[C@H]1CC[C@@](CC#N)(n2cc(C(N)=O)c(NC(=O)C3CC3)n2)CC1. The largest absolute Gasteiger partial charge is 0.401 e. The maximum atomic E-state index is 12.7. The van der Waals surface area contributed by atoms with Gasteiger partial charge in [-0.05, 0) is 45.6 Å². The van der Waals surface area contributed by atoms with E-state index in [1.165, 1.54) is 22.8 Å². The van der Waals surface area contributed by atoms with E-state index in [1.807, 2.05) is 0 Å². The molecule has 2 amide bonds. The van der Waals surface area contributed by atoms with Crippen molar-refractivity contribution in [1.29, 1.82) is 5.26 Å². The highest BCUT2D eigenvalue weighted by atomic mass is 19.4. The number of primary amides is 1. The molecule has 164 valence electrons. The lowest BCUT2D eigenvalue weighted by Crippen LogP contribution is -2.46. The van der Waals surface area contributed by atoms with Crippen LogP contribution in [0.4, 0.5) is 19.0 Å². The molecule has 1 aromatic rings. The van der Waals surface area contributed by atoms with Gasteiger partial charge in [-0.2, -0.15) is 23.5 Å². The minimum absolute atomic E-state index is 0.0534. The number of halogens is 3. The zero-order valence-electron chi connectivity index (χ0n) is 16.7. The molecule has 3 N–H and O–H groups in total. The van der Waals surface area contributed by atoms with Crippen molar-refractivity contribution in [3.8, 4) is 6.07 Å². The highest BCUT2D eigenvalue weighted by molar-refractivity contribution is 6.02. The van der Waals surface area contributed by atoms with E-state index in [0.29, 0.717) is 25.7 Å². The van der Waals surface area contributed by atoms with Crippen LogP contribution in [0.25, 0.3) is 0 Å². The number of carbonyl (C=O) groups excluding carboxylic acids is 2. The van der Waals surface area contributed by atoms with Crippen molar-refractivity contribution in [2.75, 3.05) is 18.9 Å². The summed E-state index contributed by atoms with van der Waals surface area (Å²) in [7, 11) is 1.44. The molecule has 8 nitrogen and oxygen atoms in total. The van der Waals surface area contributed by atoms with Crippen LogP contribution in [0.5, 0.6) is 0 Å². The van der Waals surface area contributed by atoms with Gasteiger partial charge >= 0.3 is 6.18 Å². The number of nitrogens with one attached hydrogen (secondary N) is 1. The van der Waals surface area contributed by atoms with E-state index < -0.39 is 24.2 Å². The Morgan fingerprint density at radius 3 is 2.50 bits per heavy atom.